The summed E-state index contributed by atoms with van der Waals surface area (Å²) in [4.78, 5) is 22.1. The highest BCUT2D eigenvalue weighted by Gasteiger charge is 2.31. The number of fused-ring (bicyclic) bond motifs is 2. The minimum atomic E-state index is -3.25. The fourth-order valence-electron chi connectivity index (χ4n) is 3.27. The average Bonchev–Trinajstić information content (AvgIpc) is 3.13. The summed E-state index contributed by atoms with van der Waals surface area (Å²) in [5.41, 5.74) is 1.04. The van der Waals surface area contributed by atoms with E-state index in [9.17, 15) is 26.4 Å². The fraction of sp³-hybridized carbons (Fsp3) is 0.222. The Labute approximate surface area is 187 Å². The summed E-state index contributed by atoms with van der Waals surface area (Å²) < 4.78 is 46.0. The molecule has 4 rings (SSSR count). The predicted octanol–water partition coefficient (Wildman–Crippen LogP) is 3.42. The van der Waals surface area contributed by atoms with Crippen LogP contribution in [-0.2, 0) is 32.5 Å². The molecule has 0 fully saturated rings. The molecule has 1 N–H and O–H groups in total. The number of hydrogen-bond donors (Lipinski definition) is 1. The number of hydrogen-bond acceptors (Lipinski definition) is 6. The van der Waals surface area contributed by atoms with Crippen LogP contribution < -0.4 is 0 Å². The van der Waals surface area contributed by atoms with Crippen molar-refractivity contribution in [3.63, 3.8) is 0 Å². The molecule has 0 atom stereocenters. The highest BCUT2D eigenvalue weighted by Crippen LogP contribution is 2.35. The van der Waals surface area contributed by atoms with Crippen LogP contribution in [0.15, 0.2) is 34.1 Å². The van der Waals surface area contributed by atoms with Crippen LogP contribution in [0.25, 0.3) is 0 Å². The van der Waals surface area contributed by atoms with Gasteiger partial charge in [0.2, 0.25) is 0 Å². The van der Waals surface area contributed by atoms with Crippen molar-refractivity contribution in [2.45, 2.75) is 22.6 Å². The van der Waals surface area contributed by atoms with Gasteiger partial charge in [-0.25, -0.2) is 21.6 Å². The molecule has 160 valence electrons. The molecule has 2 aromatic carbocycles. The minimum Gasteiger partial charge on any atom is -0.478 e. The Morgan fingerprint density at radius 1 is 0.767 bits per heavy atom. The number of carbonyl (C=O) groups excluding carboxylic acids is 1. The first-order valence-electron chi connectivity index (χ1n) is 8.38. The van der Waals surface area contributed by atoms with Crippen LogP contribution in [0.1, 0.15) is 31.8 Å². The molecule has 0 aromatic heterocycles. The van der Waals surface area contributed by atoms with Crippen molar-refractivity contribution >= 4 is 65.7 Å². The Morgan fingerprint density at radius 2 is 1.17 bits per heavy atom. The van der Waals surface area contributed by atoms with Gasteiger partial charge in [-0.15, -0.1) is 0 Å². The Morgan fingerprint density at radius 3 is 1.57 bits per heavy atom. The summed E-state index contributed by atoms with van der Waals surface area (Å²) in [5.74, 6) is -1.10. The Balaban J connectivity index is 0.000000171. The van der Waals surface area contributed by atoms with E-state index in [0.717, 1.165) is 0 Å². The third-order valence-corrected chi connectivity index (χ3v) is 9.41. The molecule has 2 aliphatic rings. The van der Waals surface area contributed by atoms with Crippen molar-refractivity contribution in [3.05, 3.63) is 56.6 Å². The first kappa shape index (κ1) is 23.0. The van der Waals surface area contributed by atoms with E-state index < -0.39 is 30.9 Å². The summed E-state index contributed by atoms with van der Waals surface area (Å²) in [6, 6.07) is 5.28. The van der Waals surface area contributed by atoms with Gasteiger partial charge in [0.25, 0.3) is 5.24 Å². The van der Waals surface area contributed by atoms with Gasteiger partial charge in [0.1, 0.15) is 0 Å². The van der Waals surface area contributed by atoms with Gasteiger partial charge in [-0.1, -0.05) is 23.2 Å². The third kappa shape index (κ3) is 4.09. The number of carbonyl (C=O) groups is 2. The van der Waals surface area contributed by atoms with E-state index in [1.165, 1.54) is 24.3 Å². The van der Waals surface area contributed by atoms with Crippen LogP contribution in [0.2, 0.25) is 10.0 Å². The zero-order valence-electron chi connectivity index (χ0n) is 15.0. The first-order chi connectivity index (χ1) is 13.9. The van der Waals surface area contributed by atoms with Gasteiger partial charge >= 0.3 is 5.97 Å². The molecule has 12 heteroatoms. The van der Waals surface area contributed by atoms with E-state index in [-0.39, 0.29) is 48.9 Å². The number of rotatable bonds is 2. The van der Waals surface area contributed by atoms with Crippen LogP contribution in [0, 0.1) is 0 Å². The van der Waals surface area contributed by atoms with Gasteiger partial charge in [-0.3, -0.25) is 4.79 Å². The van der Waals surface area contributed by atoms with Crippen LogP contribution >= 0.6 is 34.8 Å². The van der Waals surface area contributed by atoms with E-state index in [4.69, 9.17) is 39.9 Å². The molecule has 2 aromatic rings. The molecule has 0 amide bonds. The van der Waals surface area contributed by atoms with E-state index in [0.29, 0.717) is 17.5 Å². The molecule has 7 nitrogen and oxygen atoms in total. The summed E-state index contributed by atoms with van der Waals surface area (Å²) in [7, 11) is -6.46. The highest BCUT2D eigenvalue weighted by atomic mass is 35.5. The standard InChI is InChI=1S/C9H6Cl2O3S.C9H7ClO4S/c2*10-8-5-3-4-15(13,14)7(5)2-1-6(8)9(11)12/h1-2H,3-4H2;1-2H,3-4H2,(H,11,12). The molecule has 0 aliphatic carbocycles. The lowest BCUT2D eigenvalue weighted by Gasteiger charge is -2.04. The van der Waals surface area contributed by atoms with Gasteiger partial charge in [0.15, 0.2) is 19.7 Å². The number of sulfone groups is 2. The van der Waals surface area contributed by atoms with Gasteiger partial charge in [-0.05, 0) is 59.8 Å². The molecule has 0 unspecified atom stereocenters. The quantitative estimate of drug-likeness (QED) is 0.613. The van der Waals surface area contributed by atoms with Crippen LogP contribution in [0.5, 0.6) is 0 Å². The molecule has 0 saturated carbocycles. The Hall–Kier alpha value is -1.65. The van der Waals surface area contributed by atoms with Gasteiger partial charge in [0.05, 0.1) is 42.5 Å². The van der Waals surface area contributed by atoms with Crippen molar-refractivity contribution < 1.29 is 31.5 Å². The maximum absolute atomic E-state index is 11.5. The van der Waals surface area contributed by atoms with E-state index in [1.54, 1.807) is 0 Å². The maximum Gasteiger partial charge on any atom is 0.337 e. The van der Waals surface area contributed by atoms with E-state index >= 15 is 0 Å². The zero-order chi connectivity index (χ0) is 22.4. The largest absolute Gasteiger partial charge is 0.478 e. The molecule has 0 saturated heterocycles. The second-order valence-electron chi connectivity index (χ2n) is 6.52. The van der Waals surface area contributed by atoms with Crippen LogP contribution in [-0.4, -0.2) is 44.7 Å². The summed E-state index contributed by atoms with van der Waals surface area (Å²) in [5, 5.41) is 8.32. The monoisotopic (exact) mass is 510 g/mol. The lowest BCUT2D eigenvalue weighted by Crippen LogP contribution is -2.01. The first-order valence-corrected chi connectivity index (χ1v) is 12.8. The number of carboxylic acids is 1. The van der Waals surface area contributed by atoms with Crippen molar-refractivity contribution in [1.82, 2.24) is 0 Å². The Bertz CT molecular complexity index is 1200. The predicted molar refractivity (Wildman–Crippen MR) is 112 cm³/mol. The molecule has 30 heavy (non-hydrogen) atoms. The SMILES string of the molecule is O=C(Cl)c1ccc2c(c1Cl)CCS2(=O)=O.O=C(O)c1ccc2c(c1Cl)CCS2(=O)=O. The van der Waals surface area contributed by atoms with E-state index in [2.05, 4.69) is 0 Å². The van der Waals surface area contributed by atoms with Gasteiger partial charge in [0, 0.05) is 0 Å². The van der Waals surface area contributed by atoms with Gasteiger partial charge < -0.3 is 5.11 Å². The molecular formula is C18H13Cl3O7S2. The number of aromatic carboxylic acids is 1. The summed E-state index contributed by atoms with van der Waals surface area (Å²) >= 11 is 17.0. The molecule has 2 heterocycles. The van der Waals surface area contributed by atoms with Crippen molar-refractivity contribution in [1.29, 1.82) is 0 Å². The molecule has 0 spiro atoms. The highest BCUT2D eigenvalue weighted by molar-refractivity contribution is 7.92. The molecule has 2 aliphatic heterocycles. The molecule has 0 bridgehead atoms. The minimum absolute atomic E-state index is 0.00509. The van der Waals surface area contributed by atoms with Gasteiger partial charge in [-0.2, -0.15) is 0 Å². The van der Waals surface area contributed by atoms with Crippen molar-refractivity contribution in [3.8, 4) is 0 Å². The maximum atomic E-state index is 11.5. The second kappa shape index (κ2) is 8.12. The van der Waals surface area contributed by atoms with Crippen LogP contribution in [0.4, 0.5) is 0 Å². The molecule has 0 radical (unpaired) electrons. The second-order valence-corrected chi connectivity index (χ2v) is 11.8. The number of carboxylic acid groups (broad SMARTS) is 1. The normalized spacial score (nSPS) is 17.4. The van der Waals surface area contributed by atoms with Crippen molar-refractivity contribution in [2.75, 3.05) is 11.5 Å². The zero-order valence-corrected chi connectivity index (χ0v) is 18.9. The molecular weight excluding hydrogens is 499 g/mol. The summed E-state index contributed by atoms with van der Waals surface area (Å²) in [6.07, 6.45) is 0.631. The third-order valence-electron chi connectivity index (χ3n) is 4.75. The average molecular weight is 512 g/mol. The Kier molecular flexibility index (Phi) is 6.23. The number of benzene rings is 2. The topological polar surface area (TPSA) is 123 Å². The summed E-state index contributed by atoms with van der Waals surface area (Å²) in [6.45, 7) is 0. The van der Waals surface area contributed by atoms with E-state index in [1.807, 2.05) is 0 Å². The smallest absolute Gasteiger partial charge is 0.337 e. The van der Waals surface area contributed by atoms with Crippen molar-refractivity contribution in [2.24, 2.45) is 0 Å². The lowest BCUT2D eigenvalue weighted by molar-refractivity contribution is 0.0696. The fourth-order valence-corrected chi connectivity index (χ4v) is 7.36. The number of halogens is 3. The van der Waals surface area contributed by atoms with Crippen LogP contribution in [0.3, 0.4) is 0 Å². The lowest BCUT2D eigenvalue weighted by atomic mass is 10.1.